The molecule has 0 aliphatic heterocycles. The Labute approximate surface area is 97.5 Å². The molecule has 1 atom stereocenters. The van der Waals surface area contributed by atoms with Crippen molar-refractivity contribution in [1.29, 1.82) is 5.26 Å². The zero-order valence-electron chi connectivity index (χ0n) is 10.4. The van der Waals surface area contributed by atoms with Crippen LogP contribution in [0.5, 0.6) is 0 Å². The van der Waals surface area contributed by atoms with Crippen LogP contribution in [0.15, 0.2) is 18.3 Å². The maximum Gasteiger partial charge on any atom is 0.163 e. The van der Waals surface area contributed by atoms with Crippen LogP contribution >= 0.6 is 0 Å². The molecule has 3 heteroatoms. The van der Waals surface area contributed by atoms with Crippen LogP contribution in [0.25, 0.3) is 0 Å². The van der Waals surface area contributed by atoms with Crippen LogP contribution < -0.4 is 5.32 Å². The fraction of sp³-hybridized carbons (Fsp3) is 0.538. The lowest BCUT2D eigenvalue weighted by atomic mass is 9.82. The summed E-state index contributed by atoms with van der Waals surface area (Å²) in [6.45, 7) is 9.70. The Morgan fingerprint density at radius 1 is 1.50 bits per heavy atom. The van der Waals surface area contributed by atoms with Gasteiger partial charge in [0.25, 0.3) is 0 Å². The smallest absolute Gasteiger partial charge is 0.163 e. The lowest BCUT2D eigenvalue weighted by Crippen LogP contribution is -2.25. The van der Waals surface area contributed by atoms with E-state index in [0.29, 0.717) is 11.6 Å². The van der Waals surface area contributed by atoms with Gasteiger partial charge in [0.1, 0.15) is 6.07 Å². The third kappa shape index (κ3) is 3.23. The number of pyridine rings is 1. The van der Waals surface area contributed by atoms with Crippen molar-refractivity contribution >= 4 is 5.69 Å². The monoisotopic (exact) mass is 217 g/mol. The Balaban J connectivity index is 2.66. The highest BCUT2D eigenvalue weighted by atomic mass is 14.9. The van der Waals surface area contributed by atoms with Crippen molar-refractivity contribution in [2.45, 2.75) is 27.7 Å². The van der Waals surface area contributed by atoms with Crippen molar-refractivity contribution in [3.05, 3.63) is 24.0 Å². The molecule has 0 aromatic carbocycles. The van der Waals surface area contributed by atoms with E-state index in [1.54, 1.807) is 6.20 Å². The Morgan fingerprint density at radius 2 is 2.19 bits per heavy atom. The fourth-order valence-electron chi connectivity index (χ4n) is 1.21. The molecule has 0 spiro atoms. The summed E-state index contributed by atoms with van der Waals surface area (Å²) < 4.78 is 0. The first-order chi connectivity index (χ1) is 7.45. The van der Waals surface area contributed by atoms with Gasteiger partial charge < -0.3 is 5.32 Å². The lowest BCUT2D eigenvalue weighted by Gasteiger charge is -2.27. The van der Waals surface area contributed by atoms with E-state index in [0.717, 1.165) is 12.2 Å². The first kappa shape index (κ1) is 12.5. The largest absolute Gasteiger partial charge is 0.382 e. The second kappa shape index (κ2) is 4.98. The molecule has 0 radical (unpaired) electrons. The molecule has 0 aliphatic rings. The first-order valence-electron chi connectivity index (χ1n) is 5.54. The van der Waals surface area contributed by atoms with E-state index in [1.165, 1.54) is 0 Å². The Hall–Kier alpha value is -1.56. The average molecular weight is 217 g/mol. The molecule has 16 heavy (non-hydrogen) atoms. The Morgan fingerprint density at radius 3 is 2.75 bits per heavy atom. The molecule has 1 unspecified atom stereocenters. The summed E-state index contributed by atoms with van der Waals surface area (Å²) in [4.78, 5) is 4.01. The normalized spacial score (nSPS) is 12.9. The summed E-state index contributed by atoms with van der Waals surface area (Å²) >= 11 is 0. The van der Waals surface area contributed by atoms with Gasteiger partial charge in [0, 0.05) is 12.7 Å². The van der Waals surface area contributed by atoms with Gasteiger partial charge in [-0.1, -0.05) is 27.7 Å². The van der Waals surface area contributed by atoms with Gasteiger partial charge in [0.05, 0.1) is 5.69 Å². The minimum atomic E-state index is 0.266. The number of nitrogens with zero attached hydrogens (tertiary/aromatic N) is 2. The number of nitrogens with one attached hydrogen (secondary N) is 1. The predicted octanol–water partition coefficient (Wildman–Crippen LogP) is 3.05. The summed E-state index contributed by atoms with van der Waals surface area (Å²) in [5.41, 5.74) is 1.55. The van der Waals surface area contributed by atoms with Gasteiger partial charge in [-0.3, -0.25) is 0 Å². The highest BCUT2D eigenvalue weighted by Crippen LogP contribution is 2.25. The van der Waals surface area contributed by atoms with Crippen molar-refractivity contribution < 1.29 is 0 Å². The topological polar surface area (TPSA) is 48.7 Å². The maximum absolute atomic E-state index is 8.89. The zero-order valence-corrected chi connectivity index (χ0v) is 10.4. The predicted molar refractivity (Wildman–Crippen MR) is 66.1 cm³/mol. The summed E-state index contributed by atoms with van der Waals surface area (Å²) in [5, 5.41) is 12.2. The van der Waals surface area contributed by atoms with Crippen molar-refractivity contribution in [1.82, 2.24) is 4.98 Å². The van der Waals surface area contributed by atoms with Crippen LogP contribution in [0.1, 0.15) is 33.4 Å². The molecule has 3 nitrogen and oxygen atoms in total. The fourth-order valence-corrected chi connectivity index (χ4v) is 1.21. The maximum atomic E-state index is 8.89. The zero-order chi connectivity index (χ0) is 12.2. The van der Waals surface area contributed by atoms with Crippen molar-refractivity contribution in [2.75, 3.05) is 11.9 Å². The molecule has 1 rings (SSSR count). The van der Waals surface area contributed by atoms with Gasteiger partial charge in [-0.05, 0) is 23.5 Å². The lowest BCUT2D eigenvalue weighted by molar-refractivity contribution is 0.274. The van der Waals surface area contributed by atoms with Crippen LogP contribution in [0, 0.1) is 22.7 Å². The van der Waals surface area contributed by atoms with Gasteiger partial charge >= 0.3 is 0 Å². The standard InChI is InChI=1S/C13H19N3/c1-10(13(2,3)4)9-16-11-6-5-7-15-12(11)8-14/h5-7,10,16H,9H2,1-4H3. The molecule has 0 saturated heterocycles. The number of aromatic nitrogens is 1. The molecule has 1 aromatic rings. The molecule has 0 bridgehead atoms. The van der Waals surface area contributed by atoms with Crippen molar-refractivity contribution in [3.63, 3.8) is 0 Å². The van der Waals surface area contributed by atoms with Gasteiger partial charge in [0.15, 0.2) is 5.69 Å². The molecule has 1 heterocycles. The number of hydrogen-bond donors (Lipinski definition) is 1. The van der Waals surface area contributed by atoms with Gasteiger partial charge in [-0.2, -0.15) is 5.26 Å². The van der Waals surface area contributed by atoms with E-state index in [-0.39, 0.29) is 5.41 Å². The summed E-state index contributed by atoms with van der Waals surface area (Å²) in [5.74, 6) is 0.527. The highest BCUT2D eigenvalue weighted by molar-refractivity contribution is 5.53. The molecule has 0 amide bonds. The number of nitriles is 1. The highest BCUT2D eigenvalue weighted by Gasteiger charge is 2.19. The quantitative estimate of drug-likeness (QED) is 0.846. The van der Waals surface area contributed by atoms with E-state index in [4.69, 9.17) is 5.26 Å². The van der Waals surface area contributed by atoms with E-state index >= 15 is 0 Å². The molecular weight excluding hydrogens is 198 g/mol. The SMILES string of the molecule is CC(CNc1cccnc1C#N)C(C)(C)C. The molecule has 0 aliphatic carbocycles. The third-order valence-electron chi connectivity index (χ3n) is 2.99. The Kier molecular flexibility index (Phi) is 3.89. The minimum absolute atomic E-state index is 0.266. The molecule has 1 aromatic heterocycles. The summed E-state index contributed by atoms with van der Waals surface area (Å²) in [6, 6.07) is 5.81. The molecule has 0 saturated carbocycles. The van der Waals surface area contributed by atoms with E-state index in [1.807, 2.05) is 12.1 Å². The Bertz CT molecular complexity index is 385. The summed E-state index contributed by atoms with van der Waals surface area (Å²) in [7, 11) is 0. The second-order valence-corrected chi connectivity index (χ2v) is 5.16. The van der Waals surface area contributed by atoms with Crippen molar-refractivity contribution in [3.8, 4) is 6.07 Å². The third-order valence-corrected chi connectivity index (χ3v) is 2.99. The number of rotatable bonds is 3. The van der Waals surface area contributed by atoms with Crippen molar-refractivity contribution in [2.24, 2.45) is 11.3 Å². The van der Waals surface area contributed by atoms with E-state index in [2.05, 4.69) is 44.1 Å². The second-order valence-electron chi connectivity index (χ2n) is 5.16. The summed E-state index contributed by atoms with van der Waals surface area (Å²) in [6.07, 6.45) is 1.64. The van der Waals surface area contributed by atoms with Crippen LogP contribution in [-0.2, 0) is 0 Å². The van der Waals surface area contributed by atoms with Crippen LogP contribution in [-0.4, -0.2) is 11.5 Å². The molecule has 1 N–H and O–H groups in total. The van der Waals surface area contributed by atoms with Gasteiger partial charge in [-0.15, -0.1) is 0 Å². The van der Waals surface area contributed by atoms with Crippen LogP contribution in [0.2, 0.25) is 0 Å². The molecule has 86 valence electrons. The number of hydrogen-bond acceptors (Lipinski definition) is 3. The number of anilines is 1. The van der Waals surface area contributed by atoms with Crippen LogP contribution in [0.4, 0.5) is 5.69 Å². The van der Waals surface area contributed by atoms with Gasteiger partial charge in [-0.25, -0.2) is 4.98 Å². The first-order valence-corrected chi connectivity index (χ1v) is 5.54. The van der Waals surface area contributed by atoms with E-state index in [9.17, 15) is 0 Å². The molecular formula is C13H19N3. The minimum Gasteiger partial charge on any atom is -0.382 e. The molecule has 0 fully saturated rings. The van der Waals surface area contributed by atoms with E-state index < -0.39 is 0 Å². The van der Waals surface area contributed by atoms with Gasteiger partial charge in [0.2, 0.25) is 0 Å². The van der Waals surface area contributed by atoms with Crippen LogP contribution in [0.3, 0.4) is 0 Å². The average Bonchev–Trinajstić information content (AvgIpc) is 2.24.